The number of para-hydroxylation sites is 2. The van der Waals surface area contributed by atoms with E-state index < -0.39 is 29.7 Å². The van der Waals surface area contributed by atoms with Crippen LogP contribution < -0.4 is 0 Å². The molecule has 1 saturated heterocycles. The number of carbonyl (C=O) groups excluding carboxylic acids is 2. The lowest BCUT2D eigenvalue weighted by Crippen LogP contribution is -2.43. The molecule has 3 rings (SSSR count). The van der Waals surface area contributed by atoms with Gasteiger partial charge in [-0.05, 0) is 32.9 Å². The molecule has 0 aliphatic carbocycles. The van der Waals surface area contributed by atoms with Crippen LogP contribution in [0.2, 0.25) is 0 Å². The highest BCUT2D eigenvalue weighted by Gasteiger charge is 2.43. The van der Waals surface area contributed by atoms with E-state index in [-0.39, 0.29) is 18.9 Å². The van der Waals surface area contributed by atoms with Gasteiger partial charge in [0, 0.05) is 6.42 Å². The number of nitrogens with zero attached hydrogens (tertiary/aromatic N) is 2. The van der Waals surface area contributed by atoms with E-state index in [1.165, 1.54) is 0 Å². The largest absolute Gasteiger partial charge is 0.444 e. The molecule has 2 aromatic rings. The summed E-state index contributed by atoms with van der Waals surface area (Å²) in [5, 5.41) is 0. The fourth-order valence-corrected chi connectivity index (χ4v) is 2.68. The number of alkyl halides is 1. The van der Waals surface area contributed by atoms with Crippen LogP contribution in [0.4, 0.5) is 9.18 Å². The number of ether oxygens (including phenoxy) is 1. The third-order valence-electron chi connectivity index (χ3n) is 3.69. The Labute approximate surface area is 138 Å². The van der Waals surface area contributed by atoms with Gasteiger partial charge in [-0.3, -0.25) is 9.69 Å². The van der Waals surface area contributed by atoms with Crippen LogP contribution in [-0.2, 0) is 4.74 Å². The number of halogens is 1. The number of likely N-dealkylation sites (tertiary alicyclic amines) is 1. The summed E-state index contributed by atoms with van der Waals surface area (Å²) < 4.78 is 24.6. The number of oxazole rings is 1. The van der Waals surface area contributed by atoms with Gasteiger partial charge in [0.05, 0.1) is 6.54 Å². The SMILES string of the molecule is CC(C)(C)OC(=O)N1C[C@@H](F)C[C@H]1C(=O)c1nc2ccccc2o1. The van der Waals surface area contributed by atoms with Crippen LogP contribution in [0.15, 0.2) is 28.7 Å². The van der Waals surface area contributed by atoms with E-state index in [0.29, 0.717) is 11.1 Å². The molecule has 0 unspecified atom stereocenters. The summed E-state index contributed by atoms with van der Waals surface area (Å²) in [5.41, 5.74) is 0.287. The van der Waals surface area contributed by atoms with Gasteiger partial charge in [0.25, 0.3) is 5.89 Å². The zero-order valence-corrected chi connectivity index (χ0v) is 13.8. The molecule has 1 aromatic carbocycles. The number of aromatic nitrogens is 1. The lowest BCUT2D eigenvalue weighted by atomic mass is 10.1. The Bertz CT molecular complexity index is 747. The first-order valence-corrected chi connectivity index (χ1v) is 7.78. The van der Waals surface area contributed by atoms with Crippen LogP contribution in [0.5, 0.6) is 0 Å². The number of hydrogen-bond donors (Lipinski definition) is 0. The summed E-state index contributed by atoms with van der Waals surface area (Å²) in [6.45, 7) is 4.97. The quantitative estimate of drug-likeness (QED) is 0.788. The summed E-state index contributed by atoms with van der Waals surface area (Å²) in [4.78, 5) is 30.2. The molecule has 2 atom stereocenters. The molecular formula is C17H19FN2O4. The molecule has 0 saturated carbocycles. The van der Waals surface area contributed by atoms with Gasteiger partial charge in [0.2, 0.25) is 5.78 Å². The smallest absolute Gasteiger partial charge is 0.411 e. The highest BCUT2D eigenvalue weighted by molar-refractivity contribution is 5.99. The molecule has 0 spiro atoms. The van der Waals surface area contributed by atoms with Crippen LogP contribution in [-0.4, -0.2) is 46.1 Å². The first-order valence-electron chi connectivity index (χ1n) is 7.78. The van der Waals surface area contributed by atoms with Gasteiger partial charge in [0.1, 0.15) is 23.3 Å². The summed E-state index contributed by atoms with van der Waals surface area (Å²) in [5.74, 6) is -0.638. The molecule has 1 aromatic heterocycles. The number of hydrogen-bond acceptors (Lipinski definition) is 5. The van der Waals surface area contributed by atoms with Gasteiger partial charge >= 0.3 is 6.09 Å². The molecule has 24 heavy (non-hydrogen) atoms. The Balaban J connectivity index is 1.85. The standard InChI is InChI=1S/C17H19FN2O4/c1-17(2,3)24-16(22)20-9-10(18)8-12(20)14(21)15-19-11-6-4-5-7-13(11)23-15/h4-7,10,12H,8-9H2,1-3H3/t10-,12-/m0/s1. The molecule has 6 nitrogen and oxygen atoms in total. The second-order valence-corrected chi connectivity index (χ2v) is 6.83. The minimum Gasteiger partial charge on any atom is -0.444 e. The number of ketones is 1. The molecule has 1 aliphatic rings. The van der Waals surface area contributed by atoms with Crippen molar-refractivity contribution in [1.82, 2.24) is 9.88 Å². The van der Waals surface area contributed by atoms with Crippen molar-refractivity contribution in [3.63, 3.8) is 0 Å². The zero-order chi connectivity index (χ0) is 17.5. The average Bonchev–Trinajstić information content (AvgIpc) is 3.08. The number of fused-ring (bicyclic) bond motifs is 1. The molecular weight excluding hydrogens is 315 g/mol. The predicted octanol–water partition coefficient (Wildman–Crippen LogP) is 3.36. The third-order valence-corrected chi connectivity index (χ3v) is 3.69. The number of amides is 1. The lowest BCUT2D eigenvalue weighted by Gasteiger charge is -2.27. The molecule has 7 heteroatoms. The minimum atomic E-state index is -1.28. The second kappa shape index (κ2) is 5.89. The van der Waals surface area contributed by atoms with Gasteiger partial charge in [-0.1, -0.05) is 12.1 Å². The number of carbonyl (C=O) groups is 2. The maximum Gasteiger partial charge on any atom is 0.411 e. The molecule has 0 radical (unpaired) electrons. The van der Waals surface area contributed by atoms with Crippen molar-refractivity contribution < 1.29 is 23.1 Å². The van der Waals surface area contributed by atoms with Crippen LogP contribution in [0, 0.1) is 0 Å². The fraction of sp³-hybridized carbons (Fsp3) is 0.471. The maximum absolute atomic E-state index is 13.8. The van der Waals surface area contributed by atoms with Crippen molar-refractivity contribution >= 4 is 23.0 Å². The molecule has 128 valence electrons. The summed E-state index contributed by atoms with van der Waals surface area (Å²) in [6.07, 6.45) is -2.08. The van der Waals surface area contributed by atoms with E-state index in [1.807, 2.05) is 0 Å². The van der Waals surface area contributed by atoms with Crippen LogP contribution in [0.3, 0.4) is 0 Å². The van der Waals surface area contributed by atoms with E-state index in [4.69, 9.17) is 9.15 Å². The Kier molecular flexibility index (Phi) is 4.03. The zero-order valence-electron chi connectivity index (χ0n) is 13.8. The second-order valence-electron chi connectivity index (χ2n) is 6.83. The normalized spacial score (nSPS) is 21.2. The van der Waals surface area contributed by atoms with Gasteiger partial charge in [-0.15, -0.1) is 0 Å². The monoisotopic (exact) mass is 334 g/mol. The van der Waals surface area contributed by atoms with Gasteiger partial charge in [-0.2, -0.15) is 0 Å². The van der Waals surface area contributed by atoms with Gasteiger partial charge in [-0.25, -0.2) is 14.2 Å². The third kappa shape index (κ3) is 3.25. The topological polar surface area (TPSA) is 72.6 Å². The number of Topliss-reactive ketones (excluding diaryl/α,β-unsaturated/α-hetero) is 1. The highest BCUT2D eigenvalue weighted by atomic mass is 19.1. The Hall–Kier alpha value is -2.44. The molecule has 1 amide bonds. The molecule has 1 fully saturated rings. The predicted molar refractivity (Wildman–Crippen MR) is 84.6 cm³/mol. The van der Waals surface area contributed by atoms with Crippen molar-refractivity contribution in [1.29, 1.82) is 0 Å². The molecule has 2 heterocycles. The van der Waals surface area contributed by atoms with Crippen LogP contribution in [0.1, 0.15) is 37.9 Å². The van der Waals surface area contributed by atoms with Crippen molar-refractivity contribution in [2.45, 2.75) is 45.0 Å². The van der Waals surface area contributed by atoms with Crippen LogP contribution in [0.25, 0.3) is 11.1 Å². The summed E-state index contributed by atoms with van der Waals surface area (Å²) in [6, 6.07) is 5.98. The fourth-order valence-electron chi connectivity index (χ4n) is 2.68. The lowest BCUT2D eigenvalue weighted by molar-refractivity contribution is 0.0212. The van der Waals surface area contributed by atoms with Crippen molar-refractivity contribution in [2.24, 2.45) is 0 Å². The van der Waals surface area contributed by atoms with E-state index in [1.54, 1.807) is 45.0 Å². The molecule has 1 aliphatic heterocycles. The highest BCUT2D eigenvalue weighted by Crippen LogP contribution is 2.27. The Morgan fingerprint density at radius 3 is 2.71 bits per heavy atom. The van der Waals surface area contributed by atoms with Gasteiger partial charge < -0.3 is 9.15 Å². The Morgan fingerprint density at radius 1 is 1.33 bits per heavy atom. The van der Waals surface area contributed by atoms with Gasteiger partial charge in [0.15, 0.2) is 5.58 Å². The first kappa shape index (κ1) is 16.4. The summed E-state index contributed by atoms with van der Waals surface area (Å²) in [7, 11) is 0. The van der Waals surface area contributed by atoms with E-state index in [0.717, 1.165) is 4.90 Å². The first-order chi connectivity index (χ1) is 11.2. The summed E-state index contributed by atoms with van der Waals surface area (Å²) >= 11 is 0. The average molecular weight is 334 g/mol. The van der Waals surface area contributed by atoms with E-state index in [9.17, 15) is 14.0 Å². The van der Waals surface area contributed by atoms with E-state index in [2.05, 4.69) is 4.98 Å². The molecule has 0 N–H and O–H groups in total. The van der Waals surface area contributed by atoms with Crippen molar-refractivity contribution in [3.8, 4) is 0 Å². The minimum absolute atomic E-state index is 0.0865. The maximum atomic E-state index is 13.8. The van der Waals surface area contributed by atoms with Crippen molar-refractivity contribution in [3.05, 3.63) is 30.2 Å². The van der Waals surface area contributed by atoms with Crippen LogP contribution >= 0.6 is 0 Å². The molecule has 0 bridgehead atoms. The number of rotatable bonds is 2. The van der Waals surface area contributed by atoms with Crippen molar-refractivity contribution in [2.75, 3.05) is 6.54 Å². The number of benzene rings is 1. The Morgan fingerprint density at radius 2 is 2.04 bits per heavy atom. The van der Waals surface area contributed by atoms with E-state index >= 15 is 0 Å².